The minimum absolute atomic E-state index is 0.238. The molecular formula is C34H45N3O. The van der Waals surface area contributed by atoms with Gasteiger partial charge in [-0.1, -0.05) is 133 Å². The number of benzene rings is 3. The SMILES string of the molecule is CCCCCCCCCCCCCCCCn1c(N=Cc2c(O)ccc3ccccc23)nc2ccccc21. The predicted octanol–water partition coefficient (Wildman–Crippen LogP) is 10.1. The first-order valence-electron chi connectivity index (χ1n) is 15.0. The van der Waals surface area contributed by atoms with Crippen molar-refractivity contribution in [3.05, 3.63) is 66.2 Å². The molecule has 0 aliphatic heterocycles. The Balaban J connectivity index is 1.26. The minimum Gasteiger partial charge on any atom is -0.507 e. The number of phenolic OH excluding ortho intramolecular Hbond substituents is 1. The zero-order valence-corrected chi connectivity index (χ0v) is 23.2. The molecule has 1 heterocycles. The summed E-state index contributed by atoms with van der Waals surface area (Å²) in [5.41, 5.74) is 2.82. The Bertz CT molecular complexity index is 1290. The van der Waals surface area contributed by atoms with Crippen molar-refractivity contribution in [2.24, 2.45) is 4.99 Å². The van der Waals surface area contributed by atoms with E-state index in [2.05, 4.69) is 29.7 Å². The highest BCUT2D eigenvalue weighted by Crippen LogP contribution is 2.27. The predicted molar refractivity (Wildman–Crippen MR) is 163 cm³/mol. The van der Waals surface area contributed by atoms with Crippen molar-refractivity contribution in [1.29, 1.82) is 0 Å². The molecule has 1 aromatic heterocycles. The van der Waals surface area contributed by atoms with Crippen LogP contribution in [0.2, 0.25) is 0 Å². The van der Waals surface area contributed by atoms with Crippen LogP contribution in [0.25, 0.3) is 21.8 Å². The summed E-state index contributed by atoms with van der Waals surface area (Å²) in [6.45, 7) is 3.19. The summed E-state index contributed by atoms with van der Waals surface area (Å²) in [5, 5.41) is 12.6. The number of hydrogen-bond donors (Lipinski definition) is 1. The highest BCUT2D eigenvalue weighted by molar-refractivity contribution is 6.03. The lowest BCUT2D eigenvalue weighted by atomic mass is 10.0. The van der Waals surface area contributed by atoms with Crippen LogP contribution in [0.5, 0.6) is 5.75 Å². The Hall–Kier alpha value is -3.14. The Morgan fingerprint density at radius 1 is 0.711 bits per heavy atom. The fraction of sp³-hybridized carbons (Fsp3) is 0.471. The Labute approximate surface area is 228 Å². The van der Waals surface area contributed by atoms with Gasteiger partial charge in [0.25, 0.3) is 0 Å². The van der Waals surface area contributed by atoms with Crippen LogP contribution in [0.1, 0.15) is 102 Å². The van der Waals surface area contributed by atoms with Crippen molar-refractivity contribution in [2.75, 3.05) is 0 Å². The first kappa shape index (κ1) is 27.9. The number of phenols is 1. The molecule has 202 valence electrons. The lowest BCUT2D eigenvalue weighted by molar-refractivity contribution is 0.475. The molecule has 1 N–H and O–H groups in total. The summed E-state index contributed by atoms with van der Waals surface area (Å²) in [6.07, 6.45) is 20.8. The van der Waals surface area contributed by atoms with E-state index < -0.39 is 0 Å². The first-order chi connectivity index (χ1) is 18.8. The number of aliphatic imine (C=N–C) groups is 1. The number of para-hydroxylation sites is 2. The average molecular weight is 512 g/mol. The van der Waals surface area contributed by atoms with Crippen LogP contribution in [0.3, 0.4) is 0 Å². The van der Waals surface area contributed by atoms with Gasteiger partial charge in [-0.2, -0.15) is 0 Å². The number of rotatable bonds is 17. The number of aromatic nitrogens is 2. The van der Waals surface area contributed by atoms with Gasteiger partial charge >= 0.3 is 0 Å². The molecule has 0 spiro atoms. The normalized spacial score (nSPS) is 11.8. The summed E-state index contributed by atoms with van der Waals surface area (Å²) < 4.78 is 2.23. The maximum absolute atomic E-state index is 10.5. The van der Waals surface area contributed by atoms with Gasteiger partial charge in [-0.25, -0.2) is 9.98 Å². The molecule has 0 radical (unpaired) electrons. The average Bonchev–Trinajstić information content (AvgIpc) is 3.30. The summed E-state index contributed by atoms with van der Waals surface area (Å²) in [4.78, 5) is 9.58. The van der Waals surface area contributed by atoms with Crippen LogP contribution in [0, 0.1) is 0 Å². The van der Waals surface area contributed by atoms with Gasteiger partial charge in [0.15, 0.2) is 0 Å². The number of hydrogen-bond acceptors (Lipinski definition) is 3. The second-order valence-corrected chi connectivity index (χ2v) is 10.6. The van der Waals surface area contributed by atoms with E-state index >= 15 is 0 Å². The van der Waals surface area contributed by atoms with Crippen molar-refractivity contribution in [2.45, 2.75) is 103 Å². The molecule has 3 aromatic carbocycles. The van der Waals surface area contributed by atoms with Crippen LogP contribution >= 0.6 is 0 Å². The summed E-state index contributed by atoms with van der Waals surface area (Å²) in [5.74, 6) is 0.940. The summed E-state index contributed by atoms with van der Waals surface area (Å²) in [6, 6.07) is 20.0. The second kappa shape index (κ2) is 15.3. The number of fused-ring (bicyclic) bond motifs is 2. The molecule has 0 atom stereocenters. The Morgan fingerprint density at radius 3 is 2.03 bits per heavy atom. The molecule has 4 heteroatoms. The monoisotopic (exact) mass is 511 g/mol. The summed E-state index contributed by atoms with van der Waals surface area (Å²) >= 11 is 0. The number of unbranched alkanes of at least 4 members (excludes halogenated alkanes) is 13. The van der Waals surface area contributed by atoms with Crippen molar-refractivity contribution >= 4 is 34.0 Å². The van der Waals surface area contributed by atoms with Crippen molar-refractivity contribution in [1.82, 2.24) is 9.55 Å². The van der Waals surface area contributed by atoms with E-state index in [1.807, 2.05) is 36.4 Å². The highest BCUT2D eigenvalue weighted by atomic mass is 16.3. The van der Waals surface area contributed by atoms with E-state index in [4.69, 9.17) is 9.98 Å². The smallest absolute Gasteiger partial charge is 0.230 e. The quantitative estimate of drug-likeness (QED) is 0.113. The molecule has 0 saturated heterocycles. The Kier molecular flexibility index (Phi) is 11.2. The molecule has 0 unspecified atom stereocenters. The number of imidazole rings is 1. The Morgan fingerprint density at radius 2 is 1.32 bits per heavy atom. The molecule has 0 bridgehead atoms. The van der Waals surface area contributed by atoms with Crippen LogP contribution < -0.4 is 0 Å². The molecule has 4 aromatic rings. The molecular weight excluding hydrogens is 466 g/mol. The minimum atomic E-state index is 0.238. The van der Waals surface area contributed by atoms with E-state index in [0.717, 1.165) is 40.3 Å². The summed E-state index contributed by atoms with van der Waals surface area (Å²) in [7, 11) is 0. The standard InChI is InChI=1S/C34H45N3O/c1-2-3-4-5-6-7-8-9-10-11-12-13-14-19-26-37-32-23-18-17-22-31(32)36-34(37)35-27-30-29-21-16-15-20-28(29)24-25-33(30)38/h15-18,20-25,27,38H,2-14,19,26H2,1H3. The number of aromatic hydroxyl groups is 1. The largest absolute Gasteiger partial charge is 0.507 e. The fourth-order valence-electron chi connectivity index (χ4n) is 5.39. The number of aryl methyl sites for hydroxylation is 1. The molecule has 0 aliphatic rings. The molecule has 4 rings (SSSR count). The maximum Gasteiger partial charge on any atom is 0.230 e. The van der Waals surface area contributed by atoms with E-state index in [1.165, 1.54) is 83.5 Å². The zero-order valence-electron chi connectivity index (χ0n) is 23.2. The molecule has 4 nitrogen and oxygen atoms in total. The van der Waals surface area contributed by atoms with Crippen molar-refractivity contribution < 1.29 is 5.11 Å². The van der Waals surface area contributed by atoms with E-state index in [0.29, 0.717) is 5.95 Å². The van der Waals surface area contributed by atoms with Gasteiger partial charge < -0.3 is 9.67 Å². The van der Waals surface area contributed by atoms with Crippen LogP contribution in [-0.2, 0) is 6.54 Å². The van der Waals surface area contributed by atoms with Gasteiger partial charge in [0.05, 0.1) is 11.0 Å². The third kappa shape index (κ3) is 7.93. The molecule has 38 heavy (non-hydrogen) atoms. The molecule has 0 fully saturated rings. The van der Waals surface area contributed by atoms with Crippen LogP contribution in [-0.4, -0.2) is 20.9 Å². The van der Waals surface area contributed by atoms with Crippen LogP contribution in [0.4, 0.5) is 5.95 Å². The maximum atomic E-state index is 10.5. The third-order valence-corrected chi connectivity index (χ3v) is 7.63. The van der Waals surface area contributed by atoms with Gasteiger partial charge in [0.1, 0.15) is 5.75 Å². The van der Waals surface area contributed by atoms with Crippen molar-refractivity contribution in [3.63, 3.8) is 0 Å². The van der Waals surface area contributed by atoms with E-state index in [-0.39, 0.29) is 5.75 Å². The molecule has 0 amide bonds. The second-order valence-electron chi connectivity index (χ2n) is 10.6. The third-order valence-electron chi connectivity index (χ3n) is 7.63. The number of nitrogens with zero attached hydrogens (tertiary/aromatic N) is 3. The van der Waals surface area contributed by atoms with Gasteiger partial charge in [0, 0.05) is 18.3 Å². The van der Waals surface area contributed by atoms with Crippen LogP contribution in [0.15, 0.2) is 65.7 Å². The fourth-order valence-corrected chi connectivity index (χ4v) is 5.39. The molecule has 0 aliphatic carbocycles. The lowest BCUT2D eigenvalue weighted by Gasteiger charge is -2.08. The van der Waals surface area contributed by atoms with Crippen molar-refractivity contribution in [3.8, 4) is 5.75 Å². The van der Waals surface area contributed by atoms with Gasteiger partial charge in [-0.05, 0) is 35.4 Å². The van der Waals surface area contributed by atoms with Gasteiger partial charge in [-0.15, -0.1) is 0 Å². The van der Waals surface area contributed by atoms with E-state index in [9.17, 15) is 5.11 Å². The lowest BCUT2D eigenvalue weighted by Crippen LogP contribution is -1.98. The highest BCUT2D eigenvalue weighted by Gasteiger charge is 2.10. The molecule has 0 saturated carbocycles. The van der Waals surface area contributed by atoms with Gasteiger partial charge in [0.2, 0.25) is 5.95 Å². The zero-order chi connectivity index (χ0) is 26.4. The first-order valence-corrected chi connectivity index (χ1v) is 15.0. The topological polar surface area (TPSA) is 50.4 Å². The van der Waals surface area contributed by atoms with E-state index in [1.54, 1.807) is 12.3 Å². The van der Waals surface area contributed by atoms with Gasteiger partial charge in [-0.3, -0.25) is 0 Å².